The van der Waals surface area contributed by atoms with Gasteiger partial charge in [0.15, 0.2) is 5.65 Å². The smallest absolute Gasteiger partial charge is 0.252 e. The molecule has 0 spiro atoms. The van der Waals surface area contributed by atoms with Crippen molar-refractivity contribution in [3.05, 3.63) is 72.1 Å². The van der Waals surface area contributed by atoms with Crippen molar-refractivity contribution in [2.45, 2.75) is 38.3 Å². The SMILES string of the molecule is CC(Cn1cccn1)NC(=O)c1cc(C2CC2)nc2c1cnn2-c1ccccc1F. The fourth-order valence-electron chi connectivity index (χ4n) is 3.63. The van der Waals surface area contributed by atoms with Crippen LogP contribution in [0.3, 0.4) is 0 Å². The lowest BCUT2D eigenvalue weighted by Crippen LogP contribution is -2.36. The number of benzene rings is 1. The zero-order valence-electron chi connectivity index (χ0n) is 16.5. The van der Waals surface area contributed by atoms with Crippen LogP contribution in [0.15, 0.2) is 55.0 Å². The van der Waals surface area contributed by atoms with Crippen molar-refractivity contribution < 1.29 is 9.18 Å². The third-order valence-corrected chi connectivity index (χ3v) is 5.28. The summed E-state index contributed by atoms with van der Waals surface area (Å²) >= 11 is 0. The van der Waals surface area contributed by atoms with Gasteiger partial charge < -0.3 is 5.32 Å². The van der Waals surface area contributed by atoms with Crippen LogP contribution < -0.4 is 5.32 Å². The Morgan fingerprint density at radius 3 is 2.83 bits per heavy atom. The highest BCUT2D eigenvalue weighted by Gasteiger charge is 2.28. The molecular weight excluding hydrogens is 383 g/mol. The first-order chi connectivity index (χ1) is 14.6. The van der Waals surface area contributed by atoms with Gasteiger partial charge in [0, 0.05) is 30.0 Å². The maximum absolute atomic E-state index is 14.4. The van der Waals surface area contributed by atoms with Crippen molar-refractivity contribution in [1.82, 2.24) is 29.9 Å². The molecule has 1 aromatic carbocycles. The van der Waals surface area contributed by atoms with E-state index in [4.69, 9.17) is 4.98 Å². The Morgan fingerprint density at radius 2 is 2.10 bits per heavy atom. The minimum Gasteiger partial charge on any atom is -0.348 e. The number of carbonyl (C=O) groups is 1. The molecule has 1 aliphatic carbocycles. The molecule has 1 aliphatic rings. The number of hydrogen-bond donors (Lipinski definition) is 1. The highest BCUT2D eigenvalue weighted by molar-refractivity contribution is 6.05. The van der Waals surface area contributed by atoms with Crippen LogP contribution >= 0.6 is 0 Å². The predicted molar refractivity (Wildman–Crippen MR) is 110 cm³/mol. The summed E-state index contributed by atoms with van der Waals surface area (Å²) < 4.78 is 17.6. The summed E-state index contributed by atoms with van der Waals surface area (Å²) in [5, 5.41) is 12.2. The summed E-state index contributed by atoms with van der Waals surface area (Å²) in [6, 6.07) is 10.0. The zero-order valence-corrected chi connectivity index (χ0v) is 16.5. The van der Waals surface area contributed by atoms with E-state index in [0.717, 1.165) is 18.5 Å². The standard InChI is InChI=1S/C22H21FN6O/c1-14(13-28-10-4-9-24-28)26-22(30)16-11-19(15-7-8-15)27-21-17(16)12-25-29(21)20-6-3-2-5-18(20)23/h2-6,9-12,14-15H,7-8,13H2,1H3,(H,26,30). The third-order valence-electron chi connectivity index (χ3n) is 5.28. The van der Waals surface area contributed by atoms with E-state index in [2.05, 4.69) is 15.5 Å². The lowest BCUT2D eigenvalue weighted by atomic mass is 10.1. The van der Waals surface area contributed by atoms with Gasteiger partial charge in [0.2, 0.25) is 0 Å². The number of rotatable bonds is 6. The van der Waals surface area contributed by atoms with E-state index in [1.165, 1.54) is 10.7 Å². The summed E-state index contributed by atoms with van der Waals surface area (Å²) in [5.41, 5.74) is 2.17. The lowest BCUT2D eigenvalue weighted by Gasteiger charge is -2.15. The van der Waals surface area contributed by atoms with Crippen LogP contribution in [-0.2, 0) is 6.54 Å². The molecule has 1 saturated carbocycles. The highest BCUT2D eigenvalue weighted by atomic mass is 19.1. The molecule has 1 fully saturated rings. The summed E-state index contributed by atoms with van der Waals surface area (Å²) in [6.45, 7) is 2.50. The van der Waals surface area contributed by atoms with Crippen LogP contribution in [0.5, 0.6) is 0 Å². The van der Waals surface area contributed by atoms with Crippen LogP contribution in [0.25, 0.3) is 16.7 Å². The number of nitrogens with zero attached hydrogens (tertiary/aromatic N) is 5. The Kier molecular flexibility index (Phi) is 4.54. The fourth-order valence-corrected chi connectivity index (χ4v) is 3.63. The third kappa shape index (κ3) is 3.45. The van der Waals surface area contributed by atoms with Gasteiger partial charge in [-0.3, -0.25) is 9.48 Å². The number of fused-ring (bicyclic) bond motifs is 1. The van der Waals surface area contributed by atoms with Gasteiger partial charge >= 0.3 is 0 Å². The molecule has 3 heterocycles. The minimum absolute atomic E-state index is 0.119. The molecule has 0 bridgehead atoms. The van der Waals surface area contributed by atoms with Crippen LogP contribution in [0.4, 0.5) is 4.39 Å². The summed E-state index contributed by atoms with van der Waals surface area (Å²) in [7, 11) is 0. The Bertz CT molecular complexity index is 1210. The van der Waals surface area contributed by atoms with Crippen molar-refractivity contribution in [2.24, 2.45) is 0 Å². The molecule has 7 nitrogen and oxygen atoms in total. The minimum atomic E-state index is -0.389. The number of amides is 1. The average molecular weight is 404 g/mol. The van der Waals surface area contributed by atoms with Gasteiger partial charge in [-0.2, -0.15) is 10.2 Å². The first-order valence-electron chi connectivity index (χ1n) is 10.0. The van der Waals surface area contributed by atoms with Gasteiger partial charge in [-0.1, -0.05) is 12.1 Å². The van der Waals surface area contributed by atoms with E-state index >= 15 is 0 Å². The number of aromatic nitrogens is 5. The van der Waals surface area contributed by atoms with Gasteiger partial charge in [-0.25, -0.2) is 14.1 Å². The second-order valence-electron chi connectivity index (χ2n) is 7.72. The second-order valence-corrected chi connectivity index (χ2v) is 7.72. The van der Waals surface area contributed by atoms with Crippen LogP contribution in [0.2, 0.25) is 0 Å². The summed E-state index contributed by atoms with van der Waals surface area (Å²) in [5.74, 6) is -0.247. The number of pyridine rings is 1. The predicted octanol–water partition coefficient (Wildman–Crippen LogP) is 3.45. The first kappa shape index (κ1) is 18.5. The van der Waals surface area contributed by atoms with Crippen LogP contribution in [-0.4, -0.2) is 36.5 Å². The monoisotopic (exact) mass is 404 g/mol. The van der Waals surface area contributed by atoms with Crippen LogP contribution in [0.1, 0.15) is 41.7 Å². The fraction of sp³-hybridized carbons (Fsp3) is 0.273. The molecule has 3 aromatic heterocycles. The largest absolute Gasteiger partial charge is 0.348 e. The maximum Gasteiger partial charge on any atom is 0.252 e. The number of carbonyl (C=O) groups excluding carboxylic acids is 1. The van der Waals surface area contributed by atoms with Gasteiger partial charge in [-0.05, 0) is 44.0 Å². The normalized spacial score (nSPS) is 14.7. The Hall–Kier alpha value is -3.55. The van der Waals surface area contributed by atoms with Gasteiger partial charge in [0.25, 0.3) is 5.91 Å². The highest BCUT2D eigenvalue weighted by Crippen LogP contribution is 2.40. The lowest BCUT2D eigenvalue weighted by molar-refractivity contribution is 0.0937. The van der Waals surface area contributed by atoms with Crippen LogP contribution in [0, 0.1) is 5.82 Å². The maximum atomic E-state index is 14.4. The molecule has 0 aliphatic heterocycles. The summed E-state index contributed by atoms with van der Waals surface area (Å²) in [4.78, 5) is 17.9. The van der Waals surface area contributed by atoms with Crippen molar-refractivity contribution in [3.63, 3.8) is 0 Å². The van der Waals surface area contributed by atoms with E-state index < -0.39 is 0 Å². The van der Waals surface area contributed by atoms with E-state index in [-0.39, 0.29) is 17.8 Å². The molecule has 0 saturated heterocycles. The van der Waals surface area contributed by atoms with E-state index in [9.17, 15) is 9.18 Å². The van der Waals surface area contributed by atoms with E-state index in [1.807, 2.05) is 25.3 Å². The molecule has 1 atom stereocenters. The van der Waals surface area contributed by atoms with Crippen molar-refractivity contribution in [2.75, 3.05) is 0 Å². The van der Waals surface area contributed by atoms with Gasteiger partial charge in [0.05, 0.1) is 23.7 Å². The Labute approximate surface area is 172 Å². The Balaban J connectivity index is 1.53. The van der Waals surface area contributed by atoms with E-state index in [1.54, 1.807) is 35.3 Å². The molecule has 4 aromatic rings. The van der Waals surface area contributed by atoms with Crippen molar-refractivity contribution in [1.29, 1.82) is 0 Å². The molecule has 8 heteroatoms. The molecule has 30 heavy (non-hydrogen) atoms. The Morgan fingerprint density at radius 1 is 1.27 bits per heavy atom. The molecule has 1 N–H and O–H groups in total. The zero-order chi connectivity index (χ0) is 20.7. The topological polar surface area (TPSA) is 77.6 Å². The van der Waals surface area contributed by atoms with Gasteiger partial charge in [-0.15, -0.1) is 0 Å². The number of para-hydroxylation sites is 1. The molecule has 1 amide bonds. The van der Waals surface area contributed by atoms with Crippen molar-refractivity contribution in [3.8, 4) is 5.69 Å². The van der Waals surface area contributed by atoms with Gasteiger partial charge in [0.1, 0.15) is 11.5 Å². The molecule has 5 rings (SSSR count). The quantitative estimate of drug-likeness (QED) is 0.534. The second kappa shape index (κ2) is 7.37. The number of nitrogens with one attached hydrogen (secondary N) is 1. The average Bonchev–Trinajstić information content (AvgIpc) is 3.30. The van der Waals surface area contributed by atoms with E-state index in [0.29, 0.717) is 34.7 Å². The number of halogens is 1. The number of hydrogen-bond acceptors (Lipinski definition) is 4. The molecule has 1 unspecified atom stereocenters. The molecule has 152 valence electrons. The van der Waals surface area contributed by atoms with Crippen molar-refractivity contribution >= 4 is 16.9 Å². The molecular formula is C22H21FN6O. The first-order valence-corrected chi connectivity index (χ1v) is 10.0. The molecule has 0 radical (unpaired) electrons. The summed E-state index contributed by atoms with van der Waals surface area (Å²) in [6.07, 6.45) is 7.24.